The summed E-state index contributed by atoms with van der Waals surface area (Å²) in [5.74, 6) is 0.911. The predicted octanol–water partition coefficient (Wildman–Crippen LogP) is 3.77. The molecule has 0 amide bonds. The highest BCUT2D eigenvalue weighted by Gasteiger charge is 2.15. The summed E-state index contributed by atoms with van der Waals surface area (Å²) in [4.78, 5) is 0. The van der Waals surface area contributed by atoms with Crippen LogP contribution in [0.25, 0.3) is 0 Å². The van der Waals surface area contributed by atoms with Crippen LogP contribution in [0.2, 0.25) is 0 Å². The summed E-state index contributed by atoms with van der Waals surface area (Å²) < 4.78 is 6.52. The van der Waals surface area contributed by atoms with E-state index in [2.05, 4.69) is 41.9 Å². The van der Waals surface area contributed by atoms with Crippen LogP contribution in [-0.2, 0) is 6.42 Å². The van der Waals surface area contributed by atoms with Gasteiger partial charge in [-0.1, -0.05) is 19.9 Å². The Balaban J connectivity index is 2.64. The molecule has 0 spiro atoms. The maximum atomic E-state index is 5.73. The smallest absolute Gasteiger partial charge is 0.133 e. The van der Waals surface area contributed by atoms with E-state index >= 15 is 0 Å². The van der Waals surface area contributed by atoms with Gasteiger partial charge in [0.25, 0.3) is 0 Å². The Hall–Kier alpha value is -0.540. The van der Waals surface area contributed by atoms with Gasteiger partial charge in [-0.2, -0.15) is 0 Å². The van der Waals surface area contributed by atoms with Crippen LogP contribution in [0.1, 0.15) is 32.8 Å². The van der Waals surface area contributed by atoms with Crippen LogP contribution in [0.3, 0.4) is 0 Å². The van der Waals surface area contributed by atoms with Crippen molar-refractivity contribution in [2.75, 3.05) is 13.2 Å². The van der Waals surface area contributed by atoms with Crippen molar-refractivity contribution in [2.45, 2.75) is 33.6 Å². The molecular formula is C14H22BrNO. The van der Waals surface area contributed by atoms with Crippen molar-refractivity contribution in [2.24, 2.45) is 11.1 Å². The lowest BCUT2D eigenvalue weighted by atomic mass is 9.86. The quantitative estimate of drug-likeness (QED) is 0.868. The first-order chi connectivity index (χ1) is 7.98. The Morgan fingerprint density at radius 3 is 2.59 bits per heavy atom. The molecular weight excluding hydrogens is 278 g/mol. The molecule has 0 aliphatic heterocycles. The number of ether oxygens (including phenoxy) is 1. The Kier molecular flexibility index (Phi) is 5.47. The van der Waals surface area contributed by atoms with Gasteiger partial charge in [0.15, 0.2) is 0 Å². The topological polar surface area (TPSA) is 35.2 Å². The third-order valence-electron chi connectivity index (χ3n) is 2.94. The normalized spacial score (nSPS) is 11.6. The zero-order valence-corrected chi connectivity index (χ0v) is 12.5. The van der Waals surface area contributed by atoms with E-state index in [0.717, 1.165) is 29.6 Å². The lowest BCUT2D eigenvalue weighted by molar-refractivity contribution is 0.337. The van der Waals surface area contributed by atoms with Crippen molar-refractivity contribution in [3.63, 3.8) is 0 Å². The fraction of sp³-hybridized carbons (Fsp3) is 0.571. The molecule has 1 rings (SSSR count). The van der Waals surface area contributed by atoms with Crippen LogP contribution in [-0.4, -0.2) is 13.2 Å². The zero-order valence-electron chi connectivity index (χ0n) is 10.9. The Morgan fingerprint density at radius 2 is 2.06 bits per heavy atom. The molecule has 0 fully saturated rings. The summed E-state index contributed by atoms with van der Waals surface area (Å²) in [6.07, 6.45) is 2.15. The van der Waals surface area contributed by atoms with Crippen molar-refractivity contribution in [1.82, 2.24) is 0 Å². The molecule has 0 saturated heterocycles. The number of nitrogens with two attached hydrogens (primary N) is 1. The maximum Gasteiger partial charge on any atom is 0.133 e. The molecule has 96 valence electrons. The molecule has 0 unspecified atom stereocenters. The molecule has 17 heavy (non-hydrogen) atoms. The first-order valence-corrected chi connectivity index (χ1v) is 6.89. The second kappa shape index (κ2) is 6.41. The van der Waals surface area contributed by atoms with Gasteiger partial charge in [0.2, 0.25) is 0 Å². The largest absolute Gasteiger partial charge is 0.493 e. The zero-order chi connectivity index (χ0) is 12.9. The Labute approximate surface area is 113 Å². The van der Waals surface area contributed by atoms with Crippen LogP contribution in [0.5, 0.6) is 5.75 Å². The standard InChI is InChI=1S/C14H22BrNO/c1-4-17-13-6-5-11(9-12(13)15)7-8-14(2,3)10-16/h5-6,9H,4,7-8,10,16H2,1-3H3. The minimum Gasteiger partial charge on any atom is -0.493 e. The van der Waals surface area contributed by atoms with Crippen molar-refractivity contribution in [3.05, 3.63) is 28.2 Å². The fourth-order valence-electron chi connectivity index (χ4n) is 1.56. The van der Waals surface area contributed by atoms with E-state index in [1.165, 1.54) is 5.56 Å². The molecule has 0 aromatic heterocycles. The number of hydrogen-bond acceptors (Lipinski definition) is 2. The van der Waals surface area contributed by atoms with Crippen molar-refractivity contribution >= 4 is 15.9 Å². The van der Waals surface area contributed by atoms with E-state index in [1.54, 1.807) is 0 Å². The first kappa shape index (κ1) is 14.5. The summed E-state index contributed by atoms with van der Waals surface area (Å²) >= 11 is 3.54. The fourth-order valence-corrected chi connectivity index (χ4v) is 2.10. The summed E-state index contributed by atoms with van der Waals surface area (Å²) in [6, 6.07) is 6.29. The molecule has 0 aliphatic carbocycles. The minimum absolute atomic E-state index is 0.213. The van der Waals surface area contributed by atoms with E-state index < -0.39 is 0 Å². The Bertz CT molecular complexity index is 363. The molecule has 2 nitrogen and oxygen atoms in total. The lowest BCUT2D eigenvalue weighted by Crippen LogP contribution is -2.24. The second-order valence-corrected chi connectivity index (χ2v) is 5.92. The van der Waals surface area contributed by atoms with Gasteiger partial charge in [-0.15, -0.1) is 0 Å². The van der Waals surface area contributed by atoms with Crippen molar-refractivity contribution in [1.29, 1.82) is 0 Å². The van der Waals surface area contributed by atoms with Crippen LogP contribution < -0.4 is 10.5 Å². The number of rotatable bonds is 6. The number of benzene rings is 1. The van der Waals surface area contributed by atoms with Crippen molar-refractivity contribution < 1.29 is 4.74 Å². The highest BCUT2D eigenvalue weighted by Crippen LogP contribution is 2.28. The molecule has 0 radical (unpaired) electrons. The van der Waals surface area contributed by atoms with E-state index in [1.807, 2.05) is 13.0 Å². The third kappa shape index (κ3) is 4.68. The van der Waals surface area contributed by atoms with Gasteiger partial charge >= 0.3 is 0 Å². The van der Waals surface area contributed by atoms with Crippen molar-refractivity contribution in [3.8, 4) is 5.75 Å². The molecule has 0 aliphatic rings. The van der Waals surface area contributed by atoms with E-state index in [9.17, 15) is 0 Å². The van der Waals surface area contributed by atoms with Gasteiger partial charge in [-0.25, -0.2) is 0 Å². The monoisotopic (exact) mass is 299 g/mol. The number of hydrogen-bond donors (Lipinski definition) is 1. The van der Waals surface area contributed by atoms with Crippen LogP contribution in [0.4, 0.5) is 0 Å². The van der Waals surface area contributed by atoms with Crippen LogP contribution in [0.15, 0.2) is 22.7 Å². The molecule has 0 heterocycles. The molecule has 0 saturated carbocycles. The van der Waals surface area contributed by atoms with Gasteiger partial charge in [-0.05, 0) is 65.4 Å². The number of aryl methyl sites for hydroxylation is 1. The second-order valence-electron chi connectivity index (χ2n) is 5.07. The molecule has 3 heteroatoms. The average molecular weight is 300 g/mol. The predicted molar refractivity (Wildman–Crippen MR) is 76.5 cm³/mol. The molecule has 1 aromatic carbocycles. The first-order valence-electron chi connectivity index (χ1n) is 6.10. The van der Waals surface area contributed by atoms with Gasteiger partial charge < -0.3 is 10.5 Å². The van der Waals surface area contributed by atoms with Crippen LogP contribution in [0, 0.1) is 5.41 Å². The number of halogens is 1. The van der Waals surface area contributed by atoms with Gasteiger partial charge in [0, 0.05) is 0 Å². The van der Waals surface area contributed by atoms with E-state index in [0.29, 0.717) is 6.61 Å². The summed E-state index contributed by atoms with van der Waals surface area (Å²) in [6.45, 7) is 7.82. The van der Waals surface area contributed by atoms with Gasteiger partial charge in [0.05, 0.1) is 11.1 Å². The van der Waals surface area contributed by atoms with Gasteiger partial charge in [-0.3, -0.25) is 0 Å². The SMILES string of the molecule is CCOc1ccc(CCC(C)(C)CN)cc1Br. The molecule has 0 bridgehead atoms. The van der Waals surface area contributed by atoms with E-state index in [-0.39, 0.29) is 5.41 Å². The van der Waals surface area contributed by atoms with Crippen LogP contribution >= 0.6 is 15.9 Å². The summed E-state index contributed by atoms with van der Waals surface area (Å²) in [5, 5.41) is 0. The van der Waals surface area contributed by atoms with E-state index in [4.69, 9.17) is 10.5 Å². The summed E-state index contributed by atoms with van der Waals surface area (Å²) in [5.41, 5.74) is 7.27. The summed E-state index contributed by atoms with van der Waals surface area (Å²) in [7, 11) is 0. The Morgan fingerprint density at radius 1 is 1.35 bits per heavy atom. The molecule has 2 N–H and O–H groups in total. The third-order valence-corrected chi connectivity index (χ3v) is 3.56. The molecule has 1 aromatic rings. The maximum absolute atomic E-state index is 5.73. The minimum atomic E-state index is 0.213. The highest BCUT2D eigenvalue weighted by molar-refractivity contribution is 9.10. The average Bonchev–Trinajstić information content (AvgIpc) is 2.30. The highest BCUT2D eigenvalue weighted by atomic mass is 79.9. The van der Waals surface area contributed by atoms with Gasteiger partial charge in [0.1, 0.15) is 5.75 Å². The lowest BCUT2D eigenvalue weighted by Gasteiger charge is -2.22. The molecule has 0 atom stereocenters.